The molecule has 0 fully saturated rings. The van der Waals surface area contributed by atoms with Gasteiger partial charge in [0.15, 0.2) is 0 Å². The Kier molecular flexibility index (Phi) is 11.2. The summed E-state index contributed by atoms with van der Waals surface area (Å²) in [4.78, 5) is 0. The highest BCUT2D eigenvalue weighted by atomic mass is 14.1. The molecule has 3 aromatic carbocycles. The van der Waals surface area contributed by atoms with Crippen LogP contribution in [0.4, 0.5) is 0 Å². The van der Waals surface area contributed by atoms with E-state index in [9.17, 15) is 0 Å². The van der Waals surface area contributed by atoms with Crippen LogP contribution in [0.5, 0.6) is 0 Å². The van der Waals surface area contributed by atoms with Crippen LogP contribution < -0.4 is 0 Å². The van der Waals surface area contributed by atoms with E-state index in [0.29, 0.717) is 0 Å². The Bertz CT molecular complexity index is 1300. The molecular formula is C37H38. The van der Waals surface area contributed by atoms with Crippen molar-refractivity contribution in [1.29, 1.82) is 0 Å². The zero-order valence-corrected chi connectivity index (χ0v) is 22.5. The van der Waals surface area contributed by atoms with E-state index in [0.717, 1.165) is 24.8 Å². The van der Waals surface area contributed by atoms with Crippen LogP contribution in [0.25, 0.3) is 11.1 Å². The largest absolute Gasteiger partial charge is 0.102 e. The highest BCUT2D eigenvalue weighted by Gasteiger charge is 2.09. The van der Waals surface area contributed by atoms with E-state index in [1.165, 1.54) is 33.4 Å². The van der Waals surface area contributed by atoms with E-state index in [1.54, 1.807) is 0 Å². The van der Waals surface area contributed by atoms with Gasteiger partial charge in [0, 0.05) is 17.9 Å². The lowest BCUT2D eigenvalue weighted by Gasteiger charge is -2.14. The third-order valence-corrected chi connectivity index (χ3v) is 6.54. The molecule has 0 aliphatic carbocycles. The van der Waals surface area contributed by atoms with Gasteiger partial charge >= 0.3 is 0 Å². The topological polar surface area (TPSA) is 0 Å². The maximum Gasteiger partial charge on any atom is 0.0302 e. The molecule has 0 aromatic heterocycles. The SMILES string of the molecule is C=CC(Cc1ccc(C#CC/C(C)=C(\C)C\C=C/C=C\C=C\C)cc1)c1ccc(-c2ccccc2)cc1. The first-order valence-corrected chi connectivity index (χ1v) is 13.1. The molecule has 1 unspecified atom stereocenters. The Hall–Kier alpha value is -4.08. The van der Waals surface area contributed by atoms with E-state index in [-0.39, 0.29) is 5.92 Å². The average molecular weight is 483 g/mol. The number of hydrogen-bond donors (Lipinski definition) is 0. The minimum Gasteiger partial charge on any atom is -0.102 e. The van der Waals surface area contributed by atoms with Crippen LogP contribution in [0.2, 0.25) is 0 Å². The molecule has 37 heavy (non-hydrogen) atoms. The van der Waals surface area contributed by atoms with Crippen molar-refractivity contribution >= 4 is 0 Å². The summed E-state index contributed by atoms with van der Waals surface area (Å²) in [7, 11) is 0. The van der Waals surface area contributed by atoms with Gasteiger partial charge in [0.25, 0.3) is 0 Å². The van der Waals surface area contributed by atoms with Gasteiger partial charge in [-0.15, -0.1) is 6.58 Å². The third-order valence-electron chi connectivity index (χ3n) is 6.54. The van der Waals surface area contributed by atoms with Crippen molar-refractivity contribution in [3.05, 3.63) is 156 Å². The summed E-state index contributed by atoms with van der Waals surface area (Å²) >= 11 is 0. The highest BCUT2D eigenvalue weighted by Crippen LogP contribution is 2.26. The van der Waals surface area contributed by atoms with Crippen LogP contribution in [-0.4, -0.2) is 0 Å². The number of rotatable bonds is 10. The fraction of sp³-hybridized carbons (Fsp3) is 0.189. The summed E-state index contributed by atoms with van der Waals surface area (Å²) < 4.78 is 0. The van der Waals surface area contributed by atoms with Crippen molar-refractivity contribution in [1.82, 2.24) is 0 Å². The van der Waals surface area contributed by atoms with Crippen molar-refractivity contribution in [3.63, 3.8) is 0 Å². The molecular weight excluding hydrogens is 444 g/mol. The summed E-state index contributed by atoms with van der Waals surface area (Å²) in [6, 6.07) is 28.0. The Morgan fingerprint density at radius 2 is 1.46 bits per heavy atom. The lowest BCUT2D eigenvalue weighted by molar-refractivity contribution is 0.838. The molecule has 0 aliphatic rings. The van der Waals surface area contributed by atoms with Gasteiger partial charge in [-0.25, -0.2) is 0 Å². The second kappa shape index (κ2) is 15.1. The van der Waals surface area contributed by atoms with Crippen LogP contribution in [0.1, 0.15) is 56.2 Å². The summed E-state index contributed by atoms with van der Waals surface area (Å²) in [5.74, 6) is 6.96. The fourth-order valence-corrected chi connectivity index (χ4v) is 4.04. The quantitative estimate of drug-likeness (QED) is 0.153. The van der Waals surface area contributed by atoms with Crippen molar-refractivity contribution in [2.24, 2.45) is 0 Å². The third kappa shape index (κ3) is 9.14. The summed E-state index contributed by atoms with van der Waals surface area (Å²) in [6.07, 6.45) is 17.2. The lowest BCUT2D eigenvalue weighted by atomic mass is 9.90. The predicted octanol–water partition coefficient (Wildman–Crippen LogP) is 10.0. The first-order chi connectivity index (χ1) is 18.1. The smallest absolute Gasteiger partial charge is 0.0302 e. The second-order valence-corrected chi connectivity index (χ2v) is 9.31. The minimum absolute atomic E-state index is 0.283. The number of benzene rings is 3. The van der Waals surface area contributed by atoms with E-state index in [4.69, 9.17) is 0 Å². The zero-order valence-electron chi connectivity index (χ0n) is 22.5. The molecule has 0 heteroatoms. The maximum absolute atomic E-state index is 4.10. The van der Waals surface area contributed by atoms with Gasteiger partial charge in [0.05, 0.1) is 0 Å². The summed E-state index contributed by atoms with van der Waals surface area (Å²) in [6.45, 7) is 10.5. The fourth-order valence-electron chi connectivity index (χ4n) is 4.04. The molecule has 0 aliphatic heterocycles. The molecule has 3 rings (SSSR count). The molecule has 0 bridgehead atoms. The van der Waals surface area contributed by atoms with Gasteiger partial charge in [-0.1, -0.05) is 132 Å². The predicted molar refractivity (Wildman–Crippen MR) is 163 cm³/mol. The highest BCUT2D eigenvalue weighted by molar-refractivity contribution is 5.63. The van der Waals surface area contributed by atoms with Crippen LogP contribution in [0.3, 0.4) is 0 Å². The van der Waals surface area contributed by atoms with Crippen LogP contribution in [0.15, 0.2) is 139 Å². The lowest BCUT2D eigenvalue weighted by Crippen LogP contribution is -2.00. The van der Waals surface area contributed by atoms with Crippen molar-refractivity contribution < 1.29 is 0 Å². The summed E-state index contributed by atoms with van der Waals surface area (Å²) in [5, 5.41) is 0. The Morgan fingerprint density at radius 3 is 2.14 bits per heavy atom. The Balaban J connectivity index is 1.56. The van der Waals surface area contributed by atoms with Crippen molar-refractivity contribution in [3.8, 4) is 23.0 Å². The number of hydrogen-bond acceptors (Lipinski definition) is 0. The van der Waals surface area contributed by atoms with Crippen LogP contribution in [0, 0.1) is 11.8 Å². The standard InChI is InChI=1S/C37H38/c1-5-7-8-9-10-12-16-30(3)31(4)17-15-18-32-21-23-33(24-22-32)29-34(6-2)36-25-27-37(28-26-36)35-19-13-11-14-20-35/h5-14,19-28,34H,2,16-17,29H2,1,3-4H3/b7-5+,9-8-,12-10-,31-30+. The molecule has 0 N–H and O–H groups in total. The Labute approximate surface area is 224 Å². The van der Waals surface area contributed by atoms with Crippen molar-refractivity contribution in [2.45, 2.75) is 46.0 Å². The maximum atomic E-state index is 4.10. The molecule has 3 aromatic rings. The normalized spacial score (nSPS) is 12.9. The molecule has 186 valence electrons. The van der Waals surface area contributed by atoms with E-state index >= 15 is 0 Å². The van der Waals surface area contributed by atoms with E-state index in [2.05, 4.69) is 129 Å². The van der Waals surface area contributed by atoms with Gasteiger partial charge in [-0.2, -0.15) is 0 Å². The van der Waals surface area contributed by atoms with Gasteiger partial charge in [-0.3, -0.25) is 0 Å². The Morgan fingerprint density at radius 1 is 0.784 bits per heavy atom. The first kappa shape index (κ1) is 27.5. The zero-order chi connectivity index (χ0) is 26.3. The molecule has 0 saturated carbocycles. The number of allylic oxidation sites excluding steroid dienone is 9. The summed E-state index contributed by atoms with van der Waals surface area (Å²) in [5.41, 5.74) is 8.86. The van der Waals surface area contributed by atoms with Gasteiger partial charge in [0.2, 0.25) is 0 Å². The van der Waals surface area contributed by atoms with Crippen LogP contribution >= 0.6 is 0 Å². The molecule has 0 saturated heterocycles. The van der Waals surface area contributed by atoms with Gasteiger partial charge in [0.1, 0.15) is 0 Å². The monoisotopic (exact) mass is 482 g/mol. The molecule has 0 heterocycles. The molecule has 0 radical (unpaired) electrons. The second-order valence-electron chi connectivity index (χ2n) is 9.31. The molecule has 0 amide bonds. The minimum atomic E-state index is 0.283. The molecule has 1 atom stereocenters. The first-order valence-electron chi connectivity index (χ1n) is 13.1. The van der Waals surface area contributed by atoms with Gasteiger partial charge < -0.3 is 0 Å². The van der Waals surface area contributed by atoms with E-state index < -0.39 is 0 Å². The van der Waals surface area contributed by atoms with Crippen LogP contribution in [-0.2, 0) is 6.42 Å². The average Bonchev–Trinajstić information content (AvgIpc) is 2.94. The van der Waals surface area contributed by atoms with E-state index in [1.807, 2.05) is 31.2 Å². The van der Waals surface area contributed by atoms with Gasteiger partial charge in [-0.05, 0) is 68.0 Å². The molecule has 0 spiro atoms. The van der Waals surface area contributed by atoms with Crippen molar-refractivity contribution in [2.75, 3.05) is 0 Å². The molecule has 0 nitrogen and oxygen atoms in total.